The number of hydrogen-bond acceptors (Lipinski definition) is 2. The summed E-state index contributed by atoms with van der Waals surface area (Å²) >= 11 is 0.132. The Kier molecular flexibility index (Phi) is 2.88. The summed E-state index contributed by atoms with van der Waals surface area (Å²) in [5.41, 5.74) is 0.238. The molecule has 1 rings (SSSR count). The van der Waals surface area contributed by atoms with Gasteiger partial charge in [0.2, 0.25) is 0 Å². The third-order valence-corrected chi connectivity index (χ3v) is 2.48. The fourth-order valence-corrected chi connectivity index (χ4v) is 1.75. The Morgan fingerprint density at radius 3 is 2.55 bits per heavy atom. The molecule has 0 spiro atoms. The summed E-state index contributed by atoms with van der Waals surface area (Å²) in [5, 5.41) is 8.64. The molecule has 1 aromatic rings. The monoisotopic (exact) mass is 339 g/mol. The Labute approximate surface area is 80.6 Å². The van der Waals surface area contributed by atoms with Crippen molar-refractivity contribution in [2.24, 2.45) is 0 Å². The van der Waals surface area contributed by atoms with Crippen LogP contribution in [0.2, 0.25) is 0 Å². The zero-order valence-corrected chi connectivity index (χ0v) is 11.3. The molecule has 0 saturated carbocycles. The Hall–Kier alpha value is -0.575. The average Bonchev–Trinajstić information content (AvgIpc) is 2.04. The molecule has 0 heterocycles. The van der Waals surface area contributed by atoms with E-state index in [-0.39, 0.29) is 32.1 Å². The van der Waals surface area contributed by atoms with Gasteiger partial charge in [-0.3, -0.25) is 0 Å². The maximum absolute atomic E-state index is 10.5. The van der Waals surface area contributed by atoms with Gasteiger partial charge in [-0.1, -0.05) is 0 Å². The van der Waals surface area contributed by atoms with Crippen molar-refractivity contribution in [1.29, 1.82) is 0 Å². The molecule has 3 nitrogen and oxygen atoms in total. The fourth-order valence-electron chi connectivity index (χ4n) is 0.769. The van der Waals surface area contributed by atoms with Crippen molar-refractivity contribution in [2.75, 3.05) is 0 Å². The van der Waals surface area contributed by atoms with Crippen LogP contribution in [0.4, 0.5) is 0 Å². The van der Waals surface area contributed by atoms with Crippen molar-refractivity contribution < 1.29 is 39.1 Å². The van der Waals surface area contributed by atoms with Gasteiger partial charge in [-0.15, -0.1) is 0 Å². The quantitative estimate of drug-likeness (QED) is 0.826. The molecule has 1 aromatic carbocycles. The first-order valence-electron chi connectivity index (χ1n) is 3.00. The first-order chi connectivity index (χ1) is 5.25. The van der Waals surface area contributed by atoms with Crippen molar-refractivity contribution in [1.82, 2.24) is 0 Å². The van der Waals surface area contributed by atoms with Crippen molar-refractivity contribution in [3.8, 4) is 5.75 Å². The fraction of sp³-hybridized carbons (Fsp3) is 0. The normalized spacial score (nSPS) is 9.27. The van der Waals surface area contributed by atoms with E-state index in [1.165, 1.54) is 6.07 Å². The summed E-state index contributed by atoms with van der Waals surface area (Å²) in [4.78, 5) is 10.5. The molecule has 0 saturated heterocycles. The molecule has 11 heavy (non-hydrogen) atoms. The Bertz CT molecular complexity index is 272. The molecule has 0 fully saturated rings. The number of aromatic carboxylic acids is 1. The zero-order chi connectivity index (χ0) is 8.27. The van der Waals surface area contributed by atoms with Crippen LogP contribution in [0.5, 0.6) is 5.75 Å². The third kappa shape index (κ3) is 1.93. The van der Waals surface area contributed by atoms with E-state index in [2.05, 4.69) is 0 Å². The molecule has 0 amide bonds. The van der Waals surface area contributed by atoms with Crippen LogP contribution in [0.15, 0.2) is 24.3 Å². The molecule has 0 aliphatic heterocycles. The predicted octanol–water partition coefficient (Wildman–Crippen LogP) is 1.23. The van der Waals surface area contributed by atoms with Crippen molar-refractivity contribution in [2.45, 2.75) is 0 Å². The molecule has 0 atom stereocenters. The van der Waals surface area contributed by atoms with Crippen LogP contribution in [-0.4, -0.2) is 11.1 Å². The van der Waals surface area contributed by atoms with Crippen molar-refractivity contribution in [3.05, 3.63) is 29.8 Å². The SMILES string of the molecule is O=C(O)c1ccccc1[O][Hg]. The Morgan fingerprint density at radius 1 is 1.45 bits per heavy atom. The molecule has 0 radical (unpaired) electrons. The van der Waals surface area contributed by atoms with Crippen LogP contribution < -0.4 is 2.64 Å². The molecular weight excluding hydrogens is 333 g/mol. The molecule has 0 aromatic heterocycles. The van der Waals surface area contributed by atoms with Crippen LogP contribution in [0, 0.1) is 0 Å². The first-order valence-corrected chi connectivity index (χ1v) is 5.24. The first kappa shape index (κ1) is 8.52. The van der Waals surface area contributed by atoms with Crippen LogP contribution in [-0.2, 0) is 26.6 Å². The van der Waals surface area contributed by atoms with Gasteiger partial charge in [0.15, 0.2) is 0 Å². The number of carbonyl (C=O) groups is 1. The zero-order valence-electron chi connectivity index (χ0n) is 5.78. The van der Waals surface area contributed by atoms with Gasteiger partial charge in [0.1, 0.15) is 0 Å². The van der Waals surface area contributed by atoms with E-state index in [0.29, 0.717) is 5.75 Å². The van der Waals surface area contributed by atoms with E-state index in [0.717, 1.165) is 0 Å². The van der Waals surface area contributed by atoms with Gasteiger partial charge in [0.05, 0.1) is 0 Å². The molecule has 0 unspecified atom stereocenters. The van der Waals surface area contributed by atoms with Gasteiger partial charge in [-0.2, -0.15) is 0 Å². The van der Waals surface area contributed by atoms with Gasteiger partial charge >= 0.3 is 80.7 Å². The standard InChI is InChI=1S/C7H6O3.Hg/c8-6-4-2-1-3-5(6)7(9)10;/h1-4,8H,(H,9,10);/q;+1/p-1. The molecule has 53 valence electrons. The molecule has 0 bridgehead atoms. The molecule has 4 heteroatoms. The van der Waals surface area contributed by atoms with E-state index in [4.69, 9.17) is 7.75 Å². The minimum absolute atomic E-state index is 0.132. The summed E-state index contributed by atoms with van der Waals surface area (Å²) in [6, 6.07) is 6.63. The van der Waals surface area contributed by atoms with E-state index in [1.807, 2.05) is 0 Å². The molecular formula is C7H5HgO3. The second-order valence-corrected chi connectivity index (χ2v) is 3.07. The second kappa shape index (κ2) is 3.71. The predicted molar refractivity (Wildman–Crippen MR) is 34.0 cm³/mol. The number of hydrogen-bond donors (Lipinski definition) is 1. The summed E-state index contributed by atoms with van der Waals surface area (Å²) < 4.78 is 5.02. The van der Waals surface area contributed by atoms with E-state index in [9.17, 15) is 4.79 Å². The van der Waals surface area contributed by atoms with Gasteiger partial charge < -0.3 is 0 Å². The van der Waals surface area contributed by atoms with Gasteiger partial charge in [0.25, 0.3) is 0 Å². The summed E-state index contributed by atoms with van der Waals surface area (Å²) in [5.74, 6) is -0.464. The number of carboxylic acid groups (broad SMARTS) is 1. The van der Waals surface area contributed by atoms with Crippen molar-refractivity contribution >= 4 is 5.97 Å². The van der Waals surface area contributed by atoms with Crippen molar-refractivity contribution in [3.63, 3.8) is 0 Å². The van der Waals surface area contributed by atoms with E-state index >= 15 is 0 Å². The van der Waals surface area contributed by atoms with Crippen LogP contribution in [0.1, 0.15) is 10.4 Å². The molecule has 0 aliphatic rings. The number of carboxylic acids is 1. The third-order valence-electron chi connectivity index (χ3n) is 1.27. The maximum atomic E-state index is 10.5. The molecule has 1 N–H and O–H groups in total. The van der Waals surface area contributed by atoms with Crippen LogP contribution in [0.25, 0.3) is 0 Å². The number of rotatable bonds is 2. The number of para-hydroxylation sites is 1. The number of benzene rings is 1. The minimum atomic E-state index is -0.939. The van der Waals surface area contributed by atoms with Gasteiger partial charge in [-0.05, 0) is 0 Å². The molecule has 0 aliphatic carbocycles. The Morgan fingerprint density at radius 2 is 2.09 bits per heavy atom. The topological polar surface area (TPSA) is 46.5 Å². The van der Waals surface area contributed by atoms with E-state index < -0.39 is 5.97 Å². The van der Waals surface area contributed by atoms with Gasteiger partial charge in [-0.25, -0.2) is 0 Å². The van der Waals surface area contributed by atoms with E-state index in [1.54, 1.807) is 18.2 Å². The summed E-state index contributed by atoms with van der Waals surface area (Å²) in [6.45, 7) is 0. The Balaban J connectivity index is 3.12. The van der Waals surface area contributed by atoms with Crippen LogP contribution >= 0.6 is 0 Å². The van der Waals surface area contributed by atoms with Gasteiger partial charge in [0, 0.05) is 0 Å². The summed E-state index contributed by atoms with van der Waals surface area (Å²) in [6.07, 6.45) is 0. The summed E-state index contributed by atoms with van der Waals surface area (Å²) in [7, 11) is 0. The average molecular weight is 338 g/mol. The van der Waals surface area contributed by atoms with Crippen LogP contribution in [0.3, 0.4) is 0 Å². The second-order valence-electron chi connectivity index (χ2n) is 1.95.